The molecule has 0 spiro atoms. The van der Waals surface area contributed by atoms with Gasteiger partial charge in [0.05, 0.1) is 12.1 Å². The number of rotatable bonds is 5. The molecule has 1 atom stereocenters. The van der Waals surface area contributed by atoms with Gasteiger partial charge in [-0.15, -0.1) is 0 Å². The van der Waals surface area contributed by atoms with E-state index >= 15 is 0 Å². The number of benzene rings is 2. The molecular weight excluding hydrogens is 414 g/mol. The molecule has 0 radical (unpaired) electrons. The van der Waals surface area contributed by atoms with Gasteiger partial charge in [-0.25, -0.2) is 13.8 Å². The number of likely N-dealkylation sites (N-methyl/N-ethyl adjacent to an activating group) is 1. The van der Waals surface area contributed by atoms with Crippen molar-refractivity contribution in [2.75, 3.05) is 18.2 Å². The highest BCUT2D eigenvalue weighted by molar-refractivity contribution is 8.01. The highest BCUT2D eigenvalue weighted by atomic mass is 32.2. The van der Waals surface area contributed by atoms with Crippen molar-refractivity contribution in [3.8, 4) is 11.1 Å². The van der Waals surface area contributed by atoms with Gasteiger partial charge < -0.3 is 0 Å². The number of thiazole rings is 1. The summed E-state index contributed by atoms with van der Waals surface area (Å²) in [5.74, 6) is 2.46. The number of hydrogen-bond acceptors (Lipinski definition) is 4. The quantitative estimate of drug-likeness (QED) is 0.563. The minimum absolute atomic E-state index is 0.113. The summed E-state index contributed by atoms with van der Waals surface area (Å²) in [4.78, 5) is 18.4. The zero-order valence-electron chi connectivity index (χ0n) is 16.2. The van der Waals surface area contributed by atoms with Crippen LogP contribution in [0.15, 0.2) is 46.7 Å². The van der Waals surface area contributed by atoms with Crippen LogP contribution in [0, 0.1) is 18.6 Å². The Labute approximate surface area is 172 Å². The fourth-order valence-corrected chi connectivity index (χ4v) is 5.21. The molecule has 1 amide bonds. The van der Waals surface area contributed by atoms with E-state index in [0.29, 0.717) is 20.6 Å². The van der Waals surface area contributed by atoms with E-state index in [2.05, 4.69) is 10.9 Å². The second-order valence-corrected chi connectivity index (χ2v) is 10.5. The zero-order valence-corrected chi connectivity index (χ0v) is 17.9. The molecule has 0 aliphatic carbocycles. The first-order valence-corrected chi connectivity index (χ1v) is 11.6. The maximum absolute atomic E-state index is 13.9. The van der Waals surface area contributed by atoms with Crippen molar-refractivity contribution >= 4 is 37.8 Å². The monoisotopic (exact) mass is 434 g/mol. The maximum atomic E-state index is 13.9. The number of carbonyl (C=O) groups excluding carboxylic acids is 1. The van der Waals surface area contributed by atoms with Crippen LogP contribution in [-0.4, -0.2) is 34.3 Å². The van der Waals surface area contributed by atoms with E-state index in [0.717, 1.165) is 23.8 Å². The van der Waals surface area contributed by atoms with Crippen molar-refractivity contribution in [2.24, 2.45) is 0 Å². The Morgan fingerprint density at radius 2 is 1.86 bits per heavy atom. The predicted octanol–water partition coefficient (Wildman–Crippen LogP) is 4.31. The van der Waals surface area contributed by atoms with Crippen LogP contribution >= 0.6 is 11.3 Å². The van der Waals surface area contributed by atoms with Crippen molar-refractivity contribution in [3.63, 3.8) is 0 Å². The molecule has 0 aliphatic heterocycles. The normalized spacial score (nSPS) is 13.1. The van der Waals surface area contributed by atoms with Crippen LogP contribution in [0.4, 0.5) is 13.9 Å². The van der Waals surface area contributed by atoms with Crippen LogP contribution in [0.3, 0.4) is 0 Å². The summed E-state index contributed by atoms with van der Waals surface area (Å²) in [5, 5.41) is 0.458. The van der Waals surface area contributed by atoms with E-state index in [9.17, 15) is 17.8 Å². The van der Waals surface area contributed by atoms with Crippen LogP contribution in [0.5, 0.6) is 0 Å². The first-order chi connectivity index (χ1) is 13.6. The number of aromatic nitrogens is 1. The van der Waals surface area contributed by atoms with Gasteiger partial charge in [0.25, 0.3) is 0 Å². The smallest absolute Gasteiger partial charge is 0.232 e. The molecular formula is C21H20F2N2O2S2. The van der Waals surface area contributed by atoms with E-state index in [1.807, 2.05) is 0 Å². The van der Waals surface area contributed by atoms with Gasteiger partial charge in [-0.05, 0) is 42.1 Å². The Morgan fingerprint density at radius 3 is 2.45 bits per heavy atom. The zero-order chi connectivity index (χ0) is 21.3. The first kappa shape index (κ1) is 21.1. The summed E-state index contributed by atoms with van der Waals surface area (Å²) in [6.45, 7) is 1.74. The van der Waals surface area contributed by atoms with Gasteiger partial charge in [0, 0.05) is 28.4 Å². The number of halogens is 2. The van der Waals surface area contributed by atoms with Crippen LogP contribution in [0.1, 0.15) is 11.3 Å². The van der Waals surface area contributed by atoms with Gasteiger partial charge in [0.1, 0.15) is 15.8 Å². The van der Waals surface area contributed by atoms with Gasteiger partial charge in [-0.2, -0.15) is 0 Å². The Morgan fingerprint density at radius 1 is 1.21 bits per heavy atom. The van der Waals surface area contributed by atoms with Crippen LogP contribution in [0.2, 0.25) is 0 Å². The number of hydrogen-bond donors (Lipinski definition) is 0. The lowest BCUT2D eigenvalue weighted by molar-refractivity contribution is -0.117. The molecule has 3 rings (SSSR count). The van der Waals surface area contributed by atoms with Crippen LogP contribution < -0.4 is 4.90 Å². The first-order valence-electron chi connectivity index (χ1n) is 8.67. The second-order valence-electron chi connectivity index (χ2n) is 6.82. The Kier molecular flexibility index (Phi) is 5.86. The molecule has 1 heterocycles. The Hall–Kier alpha value is -2.58. The van der Waals surface area contributed by atoms with Crippen molar-refractivity contribution in [2.45, 2.75) is 17.6 Å². The third-order valence-corrected chi connectivity index (χ3v) is 7.76. The lowest BCUT2D eigenvalue weighted by atomic mass is 10.0. The summed E-state index contributed by atoms with van der Waals surface area (Å²) in [6.07, 6.45) is 1.66. The predicted molar refractivity (Wildman–Crippen MR) is 115 cm³/mol. The molecule has 1 aromatic heterocycles. The van der Waals surface area contributed by atoms with Crippen LogP contribution in [0.25, 0.3) is 11.1 Å². The molecule has 2 aromatic carbocycles. The fourth-order valence-electron chi connectivity index (χ4n) is 2.83. The van der Waals surface area contributed by atoms with E-state index in [1.54, 1.807) is 44.5 Å². The third-order valence-electron chi connectivity index (χ3n) is 4.34. The molecule has 0 bridgehead atoms. The maximum Gasteiger partial charge on any atom is 0.232 e. The largest absolute Gasteiger partial charge is 0.291 e. The molecule has 152 valence electrons. The average Bonchev–Trinajstić information content (AvgIpc) is 3.06. The molecule has 3 aromatic rings. The van der Waals surface area contributed by atoms with Gasteiger partial charge >= 0.3 is 0 Å². The number of aryl methyl sites for hydroxylation is 1. The fraction of sp³-hybridized carbons (Fsp3) is 0.190. The summed E-state index contributed by atoms with van der Waals surface area (Å²) >= 11 is 1.19. The lowest BCUT2D eigenvalue weighted by Gasteiger charge is -2.14. The van der Waals surface area contributed by atoms with Gasteiger partial charge in [0.15, 0.2) is 5.13 Å². The molecule has 1 unspecified atom stereocenters. The molecule has 0 aliphatic rings. The lowest BCUT2D eigenvalue weighted by Crippen LogP contribution is -2.27. The SMILES string of the molecule is C=S(C)(=O)c1sc(N(C)C(=O)Cc2ccc(-c3cc(F)ccc3F)cc2)nc1C. The number of carbonyl (C=O) groups is 1. The van der Waals surface area contributed by atoms with E-state index in [1.165, 1.54) is 16.2 Å². The Balaban J connectivity index is 1.76. The van der Waals surface area contributed by atoms with E-state index < -0.39 is 21.2 Å². The van der Waals surface area contributed by atoms with Crippen molar-refractivity contribution in [3.05, 3.63) is 65.4 Å². The molecule has 0 saturated carbocycles. The molecule has 0 saturated heterocycles. The standard InChI is InChI=1S/C21H20F2N2O2S2/c1-13-20(29(3,4)27)28-21(24-13)25(2)19(26)11-14-5-7-15(8-6-14)17-12-16(22)9-10-18(17)23/h5-10,12H,3,11H2,1-2,4H3. The van der Waals surface area contributed by atoms with Gasteiger partial charge in [-0.3, -0.25) is 13.9 Å². The summed E-state index contributed by atoms with van der Waals surface area (Å²) in [5.41, 5.74) is 2.03. The summed E-state index contributed by atoms with van der Waals surface area (Å²) in [6, 6.07) is 10.0. The summed E-state index contributed by atoms with van der Waals surface area (Å²) in [7, 11) is -0.795. The Bertz CT molecular complexity index is 1170. The molecule has 0 fully saturated rings. The topological polar surface area (TPSA) is 50.3 Å². The van der Waals surface area contributed by atoms with E-state index in [-0.39, 0.29) is 17.9 Å². The van der Waals surface area contributed by atoms with Crippen molar-refractivity contribution < 1.29 is 17.8 Å². The third kappa shape index (κ3) is 4.71. The highest BCUT2D eigenvalue weighted by Gasteiger charge is 2.19. The van der Waals surface area contributed by atoms with Crippen molar-refractivity contribution in [1.82, 2.24) is 4.98 Å². The van der Waals surface area contributed by atoms with Crippen molar-refractivity contribution in [1.29, 1.82) is 0 Å². The number of nitrogens with zero attached hydrogens (tertiary/aromatic N) is 2. The highest BCUT2D eigenvalue weighted by Crippen LogP contribution is 2.30. The summed E-state index contributed by atoms with van der Waals surface area (Å²) < 4.78 is 40.1. The second kappa shape index (κ2) is 8.04. The minimum atomic E-state index is -2.41. The van der Waals surface area contributed by atoms with Gasteiger partial charge in [-0.1, -0.05) is 35.6 Å². The molecule has 29 heavy (non-hydrogen) atoms. The van der Waals surface area contributed by atoms with E-state index in [4.69, 9.17) is 0 Å². The average molecular weight is 435 g/mol. The molecule has 8 heteroatoms. The molecule has 4 nitrogen and oxygen atoms in total. The number of amides is 1. The van der Waals surface area contributed by atoms with Gasteiger partial charge in [0.2, 0.25) is 5.91 Å². The van der Waals surface area contributed by atoms with Crippen LogP contribution in [-0.2, 0) is 20.7 Å². The minimum Gasteiger partial charge on any atom is -0.291 e. The molecule has 0 N–H and O–H groups in total. The number of anilines is 1.